The van der Waals surface area contributed by atoms with Crippen LogP contribution in [0.25, 0.3) is 0 Å². The van der Waals surface area contributed by atoms with E-state index in [0.29, 0.717) is 0 Å². The van der Waals surface area contributed by atoms with E-state index in [1.54, 1.807) is 0 Å². The van der Waals surface area contributed by atoms with Gasteiger partial charge in [0.2, 0.25) is 0 Å². The molecule has 0 N–H and O–H groups in total. The standard InChI is InChI=1S/C13H16O2/c1-7-5-9-10(6-8(7)2)12(15)13(3-4-13)11(9)14/h9-10H,3-6H2,1-2H3/t9-,10+. The van der Waals surface area contributed by atoms with Gasteiger partial charge in [-0.1, -0.05) is 11.1 Å². The fourth-order valence-corrected chi connectivity index (χ4v) is 3.29. The van der Waals surface area contributed by atoms with E-state index >= 15 is 0 Å². The number of Topliss-reactive ketones (excluding diaryl/α,β-unsaturated/α-hetero) is 2. The van der Waals surface area contributed by atoms with Crippen molar-refractivity contribution in [1.82, 2.24) is 0 Å². The first-order valence-electron chi connectivity index (χ1n) is 5.80. The summed E-state index contributed by atoms with van der Waals surface area (Å²) < 4.78 is 0. The van der Waals surface area contributed by atoms with E-state index in [9.17, 15) is 9.59 Å². The molecule has 3 aliphatic rings. The van der Waals surface area contributed by atoms with Gasteiger partial charge in [0.15, 0.2) is 11.6 Å². The molecule has 15 heavy (non-hydrogen) atoms. The molecule has 0 bridgehead atoms. The van der Waals surface area contributed by atoms with Crippen LogP contribution >= 0.6 is 0 Å². The highest BCUT2D eigenvalue weighted by Gasteiger charge is 2.66. The summed E-state index contributed by atoms with van der Waals surface area (Å²) in [7, 11) is 0. The minimum Gasteiger partial charge on any atom is -0.298 e. The van der Waals surface area contributed by atoms with Crippen molar-refractivity contribution < 1.29 is 9.59 Å². The Morgan fingerprint density at radius 3 is 1.67 bits per heavy atom. The average Bonchev–Trinajstić information content (AvgIpc) is 2.97. The van der Waals surface area contributed by atoms with E-state index in [4.69, 9.17) is 0 Å². The summed E-state index contributed by atoms with van der Waals surface area (Å²) in [6, 6.07) is 0. The lowest BCUT2D eigenvalue weighted by molar-refractivity contribution is -0.130. The Labute approximate surface area is 89.7 Å². The lowest BCUT2D eigenvalue weighted by atomic mass is 9.78. The Hall–Kier alpha value is -0.920. The number of fused-ring (bicyclic) bond motifs is 1. The minimum atomic E-state index is -0.486. The summed E-state index contributed by atoms with van der Waals surface area (Å²) in [5.41, 5.74) is 2.17. The predicted molar refractivity (Wildman–Crippen MR) is 56.3 cm³/mol. The van der Waals surface area contributed by atoms with Gasteiger partial charge >= 0.3 is 0 Å². The molecule has 0 radical (unpaired) electrons. The van der Waals surface area contributed by atoms with Gasteiger partial charge in [-0.2, -0.15) is 0 Å². The van der Waals surface area contributed by atoms with Crippen LogP contribution in [0.4, 0.5) is 0 Å². The number of hydrogen-bond acceptors (Lipinski definition) is 2. The van der Waals surface area contributed by atoms with E-state index < -0.39 is 5.41 Å². The predicted octanol–water partition coefficient (Wildman–Crippen LogP) is 2.28. The maximum atomic E-state index is 12.1. The first kappa shape index (κ1) is 9.32. The quantitative estimate of drug-likeness (QED) is 0.448. The summed E-state index contributed by atoms with van der Waals surface area (Å²) in [4.78, 5) is 24.3. The number of carbonyl (C=O) groups excluding carboxylic acids is 2. The van der Waals surface area contributed by atoms with Crippen LogP contribution in [-0.4, -0.2) is 11.6 Å². The van der Waals surface area contributed by atoms with Crippen molar-refractivity contribution in [3.05, 3.63) is 11.1 Å². The molecule has 0 aromatic heterocycles. The summed E-state index contributed by atoms with van der Waals surface area (Å²) in [6.45, 7) is 4.20. The molecule has 2 fully saturated rings. The highest BCUT2D eigenvalue weighted by atomic mass is 16.2. The molecule has 0 aromatic carbocycles. The number of carbonyl (C=O) groups is 2. The third kappa shape index (κ3) is 1.000. The lowest BCUT2D eigenvalue weighted by Crippen LogP contribution is -2.22. The molecule has 0 heterocycles. The van der Waals surface area contributed by atoms with Crippen molar-refractivity contribution >= 4 is 11.6 Å². The monoisotopic (exact) mass is 204 g/mol. The second kappa shape index (κ2) is 2.60. The Morgan fingerprint density at radius 1 is 0.933 bits per heavy atom. The van der Waals surface area contributed by atoms with Crippen molar-refractivity contribution in [2.24, 2.45) is 17.3 Å². The Balaban J connectivity index is 2.00. The van der Waals surface area contributed by atoms with Gasteiger partial charge in [0.25, 0.3) is 0 Å². The molecule has 0 amide bonds. The third-order valence-electron chi connectivity index (χ3n) is 4.63. The van der Waals surface area contributed by atoms with Gasteiger partial charge in [0.05, 0.1) is 5.41 Å². The van der Waals surface area contributed by atoms with Crippen LogP contribution in [0, 0.1) is 17.3 Å². The average molecular weight is 204 g/mol. The SMILES string of the molecule is CC1=C(C)C[C@H]2C(=O)C3(CC3)C(=O)[C@H]2C1. The molecule has 2 nitrogen and oxygen atoms in total. The normalized spacial score (nSPS) is 37.5. The largest absolute Gasteiger partial charge is 0.298 e. The molecule has 0 unspecified atom stereocenters. The van der Waals surface area contributed by atoms with Gasteiger partial charge in [-0.3, -0.25) is 9.59 Å². The third-order valence-corrected chi connectivity index (χ3v) is 4.63. The molecule has 0 saturated heterocycles. The highest BCUT2D eigenvalue weighted by molar-refractivity contribution is 6.18. The van der Waals surface area contributed by atoms with Crippen molar-refractivity contribution in [1.29, 1.82) is 0 Å². The first-order chi connectivity index (χ1) is 7.06. The van der Waals surface area contributed by atoms with E-state index in [1.807, 2.05) is 0 Å². The van der Waals surface area contributed by atoms with Crippen molar-refractivity contribution in [2.75, 3.05) is 0 Å². The molecule has 3 rings (SSSR count). The molecule has 2 saturated carbocycles. The molecular formula is C13H16O2. The Morgan fingerprint density at radius 2 is 1.33 bits per heavy atom. The molecule has 0 aromatic rings. The zero-order valence-corrected chi connectivity index (χ0v) is 9.30. The van der Waals surface area contributed by atoms with Crippen molar-refractivity contribution in [3.8, 4) is 0 Å². The van der Waals surface area contributed by atoms with Crippen LogP contribution in [0.2, 0.25) is 0 Å². The van der Waals surface area contributed by atoms with Gasteiger partial charge in [0.1, 0.15) is 0 Å². The van der Waals surface area contributed by atoms with Gasteiger partial charge in [-0.15, -0.1) is 0 Å². The zero-order chi connectivity index (χ0) is 10.8. The van der Waals surface area contributed by atoms with Crippen LogP contribution < -0.4 is 0 Å². The molecule has 2 heteroatoms. The molecular weight excluding hydrogens is 188 g/mol. The molecule has 3 aliphatic carbocycles. The number of ketones is 2. The van der Waals surface area contributed by atoms with Gasteiger partial charge in [-0.25, -0.2) is 0 Å². The van der Waals surface area contributed by atoms with Crippen molar-refractivity contribution in [3.63, 3.8) is 0 Å². The second-order valence-corrected chi connectivity index (χ2v) is 5.49. The van der Waals surface area contributed by atoms with E-state index in [2.05, 4.69) is 13.8 Å². The van der Waals surface area contributed by atoms with Crippen LogP contribution in [0.1, 0.15) is 39.5 Å². The number of hydrogen-bond donors (Lipinski definition) is 0. The molecule has 2 atom stereocenters. The fourth-order valence-electron chi connectivity index (χ4n) is 3.29. The molecule has 80 valence electrons. The fraction of sp³-hybridized carbons (Fsp3) is 0.692. The second-order valence-electron chi connectivity index (χ2n) is 5.49. The summed E-state index contributed by atoms with van der Waals surface area (Å²) in [5.74, 6) is 0.598. The summed E-state index contributed by atoms with van der Waals surface area (Å²) in [5, 5.41) is 0. The van der Waals surface area contributed by atoms with E-state index in [1.165, 1.54) is 11.1 Å². The lowest BCUT2D eigenvalue weighted by Gasteiger charge is -2.24. The molecule has 1 spiro atoms. The maximum Gasteiger partial charge on any atom is 0.150 e. The Kier molecular flexibility index (Phi) is 1.62. The smallest absolute Gasteiger partial charge is 0.150 e. The van der Waals surface area contributed by atoms with Crippen LogP contribution in [0.5, 0.6) is 0 Å². The molecule has 0 aliphatic heterocycles. The number of rotatable bonds is 0. The van der Waals surface area contributed by atoms with Crippen LogP contribution in [0.15, 0.2) is 11.1 Å². The van der Waals surface area contributed by atoms with Gasteiger partial charge in [0, 0.05) is 11.8 Å². The summed E-state index contributed by atoms with van der Waals surface area (Å²) in [6.07, 6.45) is 3.33. The minimum absolute atomic E-state index is 0.0312. The van der Waals surface area contributed by atoms with Crippen LogP contribution in [-0.2, 0) is 9.59 Å². The van der Waals surface area contributed by atoms with Gasteiger partial charge < -0.3 is 0 Å². The first-order valence-corrected chi connectivity index (χ1v) is 5.80. The van der Waals surface area contributed by atoms with Crippen LogP contribution in [0.3, 0.4) is 0 Å². The van der Waals surface area contributed by atoms with Crippen molar-refractivity contribution in [2.45, 2.75) is 39.5 Å². The van der Waals surface area contributed by atoms with Gasteiger partial charge in [-0.05, 0) is 39.5 Å². The van der Waals surface area contributed by atoms with E-state index in [0.717, 1.165) is 25.7 Å². The maximum absolute atomic E-state index is 12.1. The topological polar surface area (TPSA) is 34.1 Å². The van der Waals surface area contributed by atoms with E-state index in [-0.39, 0.29) is 23.4 Å². The zero-order valence-electron chi connectivity index (χ0n) is 9.30. The summed E-state index contributed by atoms with van der Waals surface area (Å²) >= 11 is 0. The number of allylic oxidation sites excluding steroid dienone is 2. The highest BCUT2D eigenvalue weighted by Crippen LogP contribution is 2.59. The Bertz CT molecular complexity index is 365.